The molecule has 2 aromatic rings. The van der Waals surface area contributed by atoms with Crippen molar-refractivity contribution in [2.75, 3.05) is 42.2 Å². The van der Waals surface area contributed by atoms with E-state index in [0.717, 1.165) is 24.9 Å². The zero-order chi connectivity index (χ0) is 23.8. The first-order valence-corrected chi connectivity index (χ1v) is 13.4. The van der Waals surface area contributed by atoms with E-state index in [1.807, 2.05) is 6.92 Å². The van der Waals surface area contributed by atoms with Crippen LogP contribution in [-0.4, -0.2) is 47.3 Å². The lowest BCUT2D eigenvalue weighted by atomic mass is 10.1. The molecule has 0 saturated carbocycles. The smallest absolute Gasteiger partial charge is 0.232 e. The Hall–Kier alpha value is -2.74. The molecular weight excluding hydrogens is 438 g/mol. The minimum atomic E-state index is -3.51. The maximum absolute atomic E-state index is 12.5. The van der Waals surface area contributed by atoms with Crippen LogP contribution in [0, 0.1) is 0 Å². The zero-order valence-corrected chi connectivity index (χ0v) is 20.6. The van der Waals surface area contributed by atoms with Crippen LogP contribution in [0.1, 0.15) is 50.6 Å². The molecule has 0 radical (unpaired) electrons. The highest BCUT2D eigenvalue weighted by Gasteiger charge is 2.21. The molecule has 33 heavy (non-hydrogen) atoms. The van der Waals surface area contributed by atoms with Crippen molar-refractivity contribution in [2.24, 2.45) is 0 Å². The summed E-state index contributed by atoms with van der Waals surface area (Å²) in [4.78, 5) is 14.9. The van der Waals surface area contributed by atoms with E-state index in [-0.39, 0.29) is 24.9 Å². The fourth-order valence-electron chi connectivity index (χ4n) is 4.21. The number of para-hydroxylation sites is 2. The second-order valence-corrected chi connectivity index (χ2v) is 10.4. The number of hydrogen-bond donors (Lipinski definition) is 1. The van der Waals surface area contributed by atoms with Gasteiger partial charge in [-0.15, -0.1) is 0 Å². The SMILES string of the molecule is COc1ccccc1N(CCCC(=O)N[C@@H](C)c1ccc(N2CCCCC2)cc1)S(C)(=O)=O. The van der Waals surface area contributed by atoms with E-state index < -0.39 is 10.0 Å². The van der Waals surface area contributed by atoms with Crippen LogP contribution >= 0.6 is 0 Å². The van der Waals surface area contributed by atoms with Gasteiger partial charge in [-0.3, -0.25) is 9.10 Å². The highest BCUT2D eigenvalue weighted by Crippen LogP contribution is 2.29. The Morgan fingerprint density at radius 2 is 1.76 bits per heavy atom. The summed E-state index contributed by atoms with van der Waals surface area (Å²) >= 11 is 0. The number of ether oxygens (including phenoxy) is 1. The van der Waals surface area contributed by atoms with Crippen molar-refractivity contribution in [1.29, 1.82) is 0 Å². The maximum Gasteiger partial charge on any atom is 0.232 e. The zero-order valence-electron chi connectivity index (χ0n) is 19.8. The van der Waals surface area contributed by atoms with Crippen LogP contribution in [0.3, 0.4) is 0 Å². The predicted octanol–water partition coefficient (Wildman–Crippen LogP) is 4.11. The average Bonchev–Trinajstić information content (AvgIpc) is 2.81. The molecule has 8 heteroatoms. The largest absolute Gasteiger partial charge is 0.495 e. The van der Waals surface area contributed by atoms with Crippen LogP contribution < -0.4 is 19.3 Å². The third-order valence-corrected chi connectivity index (χ3v) is 7.19. The molecule has 0 unspecified atom stereocenters. The lowest BCUT2D eigenvalue weighted by Crippen LogP contribution is -2.33. The molecular formula is C25H35N3O4S. The first-order chi connectivity index (χ1) is 15.8. The number of piperidine rings is 1. The minimum absolute atomic E-state index is 0.101. The quantitative estimate of drug-likeness (QED) is 0.562. The van der Waals surface area contributed by atoms with Gasteiger partial charge in [-0.1, -0.05) is 24.3 Å². The number of sulfonamides is 1. The summed E-state index contributed by atoms with van der Waals surface area (Å²) in [6.45, 7) is 4.37. The van der Waals surface area contributed by atoms with Gasteiger partial charge in [0, 0.05) is 31.7 Å². The molecule has 0 aromatic heterocycles. The minimum Gasteiger partial charge on any atom is -0.495 e. The van der Waals surface area contributed by atoms with E-state index in [9.17, 15) is 13.2 Å². The lowest BCUT2D eigenvalue weighted by molar-refractivity contribution is -0.121. The molecule has 2 aromatic carbocycles. The summed E-state index contributed by atoms with van der Waals surface area (Å²) in [6.07, 6.45) is 5.58. The second kappa shape index (κ2) is 11.4. The van der Waals surface area contributed by atoms with Crippen molar-refractivity contribution in [2.45, 2.75) is 45.1 Å². The van der Waals surface area contributed by atoms with Crippen LogP contribution in [0.5, 0.6) is 5.75 Å². The van der Waals surface area contributed by atoms with Gasteiger partial charge in [0.1, 0.15) is 5.75 Å². The van der Waals surface area contributed by atoms with Gasteiger partial charge in [0.15, 0.2) is 0 Å². The third kappa shape index (κ3) is 6.87. The van der Waals surface area contributed by atoms with E-state index in [1.165, 1.54) is 36.4 Å². The highest BCUT2D eigenvalue weighted by molar-refractivity contribution is 7.92. The molecule has 1 aliphatic rings. The van der Waals surface area contributed by atoms with Crippen molar-refractivity contribution in [1.82, 2.24) is 5.32 Å². The van der Waals surface area contributed by atoms with Crippen molar-refractivity contribution in [3.05, 3.63) is 54.1 Å². The van der Waals surface area contributed by atoms with Gasteiger partial charge in [-0.05, 0) is 62.4 Å². The molecule has 1 fully saturated rings. The van der Waals surface area contributed by atoms with Crippen molar-refractivity contribution in [3.8, 4) is 5.75 Å². The average molecular weight is 474 g/mol. The number of amides is 1. The van der Waals surface area contributed by atoms with Crippen LogP contribution in [0.2, 0.25) is 0 Å². The van der Waals surface area contributed by atoms with Gasteiger partial charge in [0.05, 0.1) is 25.1 Å². The van der Waals surface area contributed by atoms with Crippen molar-refractivity contribution >= 4 is 27.3 Å². The number of benzene rings is 2. The molecule has 1 heterocycles. The normalized spacial score (nSPS) is 15.1. The molecule has 1 amide bonds. The number of rotatable bonds is 10. The van der Waals surface area contributed by atoms with Crippen LogP contribution in [0.15, 0.2) is 48.5 Å². The Bertz CT molecular complexity index is 1020. The summed E-state index contributed by atoms with van der Waals surface area (Å²) in [7, 11) is -2.00. The molecule has 7 nitrogen and oxygen atoms in total. The number of carbonyl (C=O) groups is 1. The second-order valence-electron chi connectivity index (χ2n) is 8.54. The van der Waals surface area contributed by atoms with Crippen LogP contribution in [-0.2, 0) is 14.8 Å². The fraction of sp³-hybridized carbons (Fsp3) is 0.480. The number of methoxy groups -OCH3 is 1. The summed E-state index contributed by atoms with van der Waals surface area (Å²) in [5, 5.41) is 3.02. The summed E-state index contributed by atoms with van der Waals surface area (Å²) in [5.74, 6) is 0.380. The molecule has 0 spiro atoms. The molecule has 1 saturated heterocycles. The Morgan fingerprint density at radius 3 is 2.39 bits per heavy atom. The molecule has 1 atom stereocenters. The number of carbonyl (C=O) groups excluding carboxylic acids is 1. The Labute approximate surface area is 197 Å². The van der Waals surface area contributed by atoms with E-state index in [1.54, 1.807) is 24.3 Å². The van der Waals surface area contributed by atoms with Crippen molar-refractivity contribution < 1.29 is 17.9 Å². The number of hydrogen-bond acceptors (Lipinski definition) is 5. The van der Waals surface area contributed by atoms with Gasteiger partial charge in [-0.2, -0.15) is 0 Å². The number of anilines is 2. The van der Waals surface area contributed by atoms with Gasteiger partial charge in [0.2, 0.25) is 15.9 Å². The van der Waals surface area contributed by atoms with Gasteiger partial charge in [0.25, 0.3) is 0 Å². The molecule has 0 aliphatic carbocycles. The third-order valence-electron chi connectivity index (χ3n) is 6.01. The van der Waals surface area contributed by atoms with E-state index >= 15 is 0 Å². The van der Waals surface area contributed by atoms with Crippen molar-refractivity contribution in [3.63, 3.8) is 0 Å². The highest BCUT2D eigenvalue weighted by atomic mass is 32.2. The fourth-order valence-corrected chi connectivity index (χ4v) is 5.18. The van der Waals surface area contributed by atoms with E-state index in [0.29, 0.717) is 17.9 Å². The lowest BCUT2D eigenvalue weighted by Gasteiger charge is -2.29. The van der Waals surface area contributed by atoms with Crippen LogP contribution in [0.25, 0.3) is 0 Å². The Kier molecular flexibility index (Phi) is 8.61. The molecule has 0 bridgehead atoms. The molecule has 180 valence electrons. The molecule has 1 N–H and O–H groups in total. The summed E-state index contributed by atoms with van der Waals surface area (Å²) in [5.41, 5.74) is 2.76. The number of nitrogens with one attached hydrogen (secondary N) is 1. The number of nitrogens with zero attached hydrogens (tertiary/aromatic N) is 2. The van der Waals surface area contributed by atoms with E-state index in [4.69, 9.17) is 4.74 Å². The van der Waals surface area contributed by atoms with Crippen LogP contribution in [0.4, 0.5) is 11.4 Å². The topological polar surface area (TPSA) is 79.0 Å². The first kappa shape index (κ1) is 24.9. The van der Waals surface area contributed by atoms with E-state index in [2.05, 4.69) is 34.5 Å². The maximum atomic E-state index is 12.5. The van der Waals surface area contributed by atoms with Gasteiger partial charge < -0.3 is 15.0 Å². The Balaban J connectivity index is 1.53. The summed E-state index contributed by atoms with van der Waals surface area (Å²) in [6, 6.07) is 15.3. The Morgan fingerprint density at radius 1 is 1.09 bits per heavy atom. The summed E-state index contributed by atoms with van der Waals surface area (Å²) < 4.78 is 31.3. The standard InChI is InChI=1S/C25H35N3O4S/c1-20(21-13-15-22(16-14-21)27-17-7-4-8-18-27)26-25(29)12-9-19-28(33(3,30)31)23-10-5-6-11-24(23)32-2/h5-6,10-11,13-16,20H,4,7-9,12,17-19H2,1-3H3,(H,26,29)/t20-/m0/s1. The molecule has 3 rings (SSSR count). The molecule has 1 aliphatic heterocycles. The predicted molar refractivity (Wildman–Crippen MR) is 133 cm³/mol. The van der Waals surface area contributed by atoms with Gasteiger partial charge in [-0.25, -0.2) is 8.42 Å². The first-order valence-electron chi connectivity index (χ1n) is 11.5. The van der Waals surface area contributed by atoms with Gasteiger partial charge >= 0.3 is 0 Å². The monoisotopic (exact) mass is 473 g/mol.